The third-order valence-electron chi connectivity index (χ3n) is 5.05. The molecule has 0 fully saturated rings. The maximum Gasteiger partial charge on any atom is 0.240 e. The van der Waals surface area contributed by atoms with Crippen molar-refractivity contribution in [1.29, 1.82) is 0 Å². The molecule has 0 heterocycles. The molecule has 0 radical (unpaired) electrons. The van der Waals surface area contributed by atoms with Gasteiger partial charge in [-0.25, -0.2) is 0 Å². The zero-order chi connectivity index (χ0) is 25.1. The van der Waals surface area contributed by atoms with E-state index in [0.29, 0.717) is 5.70 Å². The van der Waals surface area contributed by atoms with Crippen molar-refractivity contribution in [3.63, 3.8) is 0 Å². The number of amides is 4. The quantitative estimate of drug-likeness (QED) is 0.195. The van der Waals surface area contributed by atoms with E-state index in [1.165, 1.54) is 5.56 Å². The number of thiol groups is 1. The van der Waals surface area contributed by atoms with Crippen molar-refractivity contribution in [3.05, 3.63) is 59.8 Å². The molecule has 5 N–H and O–H groups in total. The van der Waals surface area contributed by atoms with Gasteiger partial charge in [-0.3, -0.25) is 19.2 Å². The molecule has 0 saturated carbocycles. The summed E-state index contributed by atoms with van der Waals surface area (Å²) in [5.41, 5.74) is 2.51. The Morgan fingerprint density at radius 3 is 2.18 bits per heavy atom. The summed E-state index contributed by atoms with van der Waals surface area (Å²) in [5, 5.41) is 15.2. The fourth-order valence-corrected chi connectivity index (χ4v) is 3.13. The summed E-state index contributed by atoms with van der Waals surface area (Å²) >= 11 is 3.84. The van der Waals surface area contributed by atoms with Gasteiger partial charge in [0.1, 0.15) is 0 Å². The van der Waals surface area contributed by atoms with Gasteiger partial charge in [-0.2, -0.15) is 12.6 Å². The molecular formula is C24H31N5O4S. The van der Waals surface area contributed by atoms with Gasteiger partial charge < -0.3 is 26.6 Å². The Balaban J connectivity index is 1.66. The lowest BCUT2D eigenvalue weighted by Crippen LogP contribution is -2.44. The van der Waals surface area contributed by atoms with Crippen LogP contribution in [0.15, 0.2) is 48.7 Å². The van der Waals surface area contributed by atoms with Gasteiger partial charge in [-0.1, -0.05) is 48.5 Å². The van der Waals surface area contributed by atoms with Crippen LogP contribution in [0.1, 0.15) is 24.0 Å². The maximum absolute atomic E-state index is 12.5. The minimum Gasteiger partial charge on any atom is -0.379 e. The van der Waals surface area contributed by atoms with Crippen molar-refractivity contribution in [3.8, 4) is 0 Å². The standard InChI is InChI=1S/C24H31N5O4S/c1-15-4-5-20-9-18(6-7-19(20)8-15)17(3)24(33)29-14-28-22(31)12-27-21(30)11-25-16(2)10-26-23(32)13-34/h4-9,17,25,34H,2,10-14H2,1,3H3,(H,26,32)(H,27,30)(H,28,31)(H,29,33)/t17-/m0/s1. The second-order valence-corrected chi connectivity index (χ2v) is 8.13. The fraction of sp³-hybridized carbons (Fsp3) is 0.333. The first kappa shape index (κ1) is 26.7. The molecule has 2 aromatic rings. The second kappa shape index (κ2) is 13.2. The fourth-order valence-electron chi connectivity index (χ4n) is 3.02. The molecule has 0 unspecified atom stereocenters. The van der Waals surface area contributed by atoms with Gasteiger partial charge in [-0.05, 0) is 30.2 Å². The summed E-state index contributed by atoms with van der Waals surface area (Å²) in [7, 11) is 0. The number of aryl methyl sites for hydroxylation is 1. The zero-order valence-electron chi connectivity index (χ0n) is 19.4. The van der Waals surface area contributed by atoms with Crippen LogP contribution in [0, 0.1) is 6.92 Å². The average molecular weight is 486 g/mol. The van der Waals surface area contributed by atoms with Crippen LogP contribution in [0.25, 0.3) is 10.8 Å². The van der Waals surface area contributed by atoms with E-state index in [9.17, 15) is 19.2 Å². The number of benzene rings is 2. The highest BCUT2D eigenvalue weighted by Gasteiger charge is 2.15. The predicted molar refractivity (Wildman–Crippen MR) is 135 cm³/mol. The van der Waals surface area contributed by atoms with E-state index >= 15 is 0 Å². The molecule has 0 aliphatic carbocycles. The maximum atomic E-state index is 12.5. The van der Waals surface area contributed by atoms with Crippen LogP contribution in [0.3, 0.4) is 0 Å². The van der Waals surface area contributed by atoms with Crippen molar-refractivity contribution in [2.75, 3.05) is 32.1 Å². The normalized spacial score (nSPS) is 11.3. The van der Waals surface area contributed by atoms with Gasteiger partial charge in [0, 0.05) is 5.70 Å². The molecule has 9 nitrogen and oxygen atoms in total. The summed E-state index contributed by atoms with van der Waals surface area (Å²) in [4.78, 5) is 47.3. The molecular weight excluding hydrogens is 454 g/mol. The molecule has 0 spiro atoms. The highest BCUT2D eigenvalue weighted by molar-refractivity contribution is 7.81. The lowest BCUT2D eigenvalue weighted by molar-refractivity contribution is -0.126. The summed E-state index contributed by atoms with van der Waals surface area (Å²) in [5.74, 6) is -1.65. The van der Waals surface area contributed by atoms with E-state index < -0.39 is 11.8 Å². The molecule has 0 bridgehead atoms. The topological polar surface area (TPSA) is 128 Å². The third-order valence-corrected chi connectivity index (χ3v) is 5.34. The van der Waals surface area contributed by atoms with Crippen molar-refractivity contribution >= 4 is 47.0 Å². The molecule has 0 aliphatic heterocycles. The second-order valence-electron chi connectivity index (χ2n) is 7.82. The molecule has 182 valence electrons. The van der Waals surface area contributed by atoms with Crippen molar-refractivity contribution in [2.45, 2.75) is 19.8 Å². The smallest absolute Gasteiger partial charge is 0.240 e. The van der Waals surface area contributed by atoms with Crippen LogP contribution < -0.4 is 26.6 Å². The van der Waals surface area contributed by atoms with E-state index in [4.69, 9.17) is 0 Å². The van der Waals surface area contributed by atoms with Gasteiger partial charge in [-0.15, -0.1) is 0 Å². The molecule has 2 rings (SSSR count). The molecule has 34 heavy (non-hydrogen) atoms. The largest absolute Gasteiger partial charge is 0.379 e. The zero-order valence-corrected chi connectivity index (χ0v) is 20.3. The van der Waals surface area contributed by atoms with E-state index in [0.717, 1.165) is 16.3 Å². The first-order valence-electron chi connectivity index (χ1n) is 10.8. The first-order chi connectivity index (χ1) is 16.2. The third kappa shape index (κ3) is 8.78. The summed E-state index contributed by atoms with van der Waals surface area (Å²) in [6.07, 6.45) is 0. The van der Waals surface area contributed by atoms with Crippen molar-refractivity contribution < 1.29 is 19.2 Å². The van der Waals surface area contributed by atoms with Crippen LogP contribution in [0.4, 0.5) is 0 Å². The minimum absolute atomic E-state index is 0.0510. The lowest BCUT2D eigenvalue weighted by atomic mass is 9.96. The molecule has 0 aliphatic rings. The molecule has 0 aromatic heterocycles. The molecule has 10 heteroatoms. The van der Waals surface area contributed by atoms with Crippen molar-refractivity contribution in [2.24, 2.45) is 0 Å². The first-order valence-corrected chi connectivity index (χ1v) is 11.4. The highest BCUT2D eigenvalue weighted by Crippen LogP contribution is 2.22. The Morgan fingerprint density at radius 1 is 0.824 bits per heavy atom. The van der Waals surface area contributed by atoms with Crippen molar-refractivity contribution in [1.82, 2.24) is 26.6 Å². The Hall–Kier alpha value is -3.53. The predicted octanol–water partition coefficient (Wildman–Crippen LogP) is 0.707. The van der Waals surface area contributed by atoms with Gasteiger partial charge in [0.25, 0.3) is 0 Å². The number of rotatable bonds is 12. The summed E-state index contributed by atoms with van der Waals surface area (Å²) in [6.45, 7) is 7.31. The summed E-state index contributed by atoms with van der Waals surface area (Å²) < 4.78 is 0. The number of hydrogen-bond acceptors (Lipinski definition) is 6. The Kier molecular flexibility index (Phi) is 10.4. The van der Waals surface area contributed by atoms with Crippen LogP contribution in [0.5, 0.6) is 0 Å². The van der Waals surface area contributed by atoms with E-state index in [-0.39, 0.29) is 49.8 Å². The average Bonchev–Trinajstić information content (AvgIpc) is 2.83. The highest BCUT2D eigenvalue weighted by atomic mass is 32.1. The molecule has 1 atom stereocenters. The Labute approximate surface area is 204 Å². The minimum atomic E-state index is -0.442. The van der Waals surface area contributed by atoms with Crippen LogP contribution in [-0.4, -0.2) is 55.7 Å². The number of nitrogens with one attached hydrogen (secondary N) is 5. The molecule has 4 amide bonds. The lowest BCUT2D eigenvalue weighted by Gasteiger charge is -2.14. The van der Waals surface area contributed by atoms with E-state index in [2.05, 4.69) is 51.9 Å². The van der Waals surface area contributed by atoms with Crippen LogP contribution >= 0.6 is 12.6 Å². The summed E-state index contributed by atoms with van der Waals surface area (Å²) in [6, 6.07) is 12.1. The SMILES string of the molecule is C=C(CNC(=O)CS)NCC(=O)NCC(=O)NCNC(=O)[C@@H](C)c1ccc2cc(C)ccc2c1. The van der Waals surface area contributed by atoms with Gasteiger partial charge in [0.2, 0.25) is 23.6 Å². The van der Waals surface area contributed by atoms with Gasteiger partial charge in [0.05, 0.1) is 38.0 Å². The van der Waals surface area contributed by atoms with Crippen LogP contribution in [0.2, 0.25) is 0 Å². The number of hydrogen-bond donors (Lipinski definition) is 6. The van der Waals surface area contributed by atoms with Crippen LogP contribution in [-0.2, 0) is 19.2 Å². The Bertz CT molecular complexity index is 1070. The van der Waals surface area contributed by atoms with Gasteiger partial charge in [0.15, 0.2) is 0 Å². The number of carbonyl (C=O) groups is 4. The van der Waals surface area contributed by atoms with E-state index in [1.54, 1.807) is 6.92 Å². The number of carbonyl (C=O) groups excluding carboxylic acids is 4. The molecule has 2 aromatic carbocycles. The molecule has 0 saturated heterocycles. The van der Waals surface area contributed by atoms with E-state index in [1.807, 2.05) is 37.3 Å². The Morgan fingerprint density at radius 2 is 1.44 bits per heavy atom. The van der Waals surface area contributed by atoms with Gasteiger partial charge >= 0.3 is 0 Å². The number of fused-ring (bicyclic) bond motifs is 1. The monoisotopic (exact) mass is 485 g/mol.